The maximum absolute atomic E-state index is 4.96. The lowest BCUT2D eigenvalue weighted by Gasteiger charge is -2.11. The maximum atomic E-state index is 4.96. The normalized spacial score (nSPS) is 11.6. The quantitative estimate of drug-likeness (QED) is 0.168. The Morgan fingerprint density at radius 3 is 1.36 bits per heavy atom. The Hall–Kier alpha value is -7.49. The van der Waals surface area contributed by atoms with Crippen molar-refractivity contribution in [3.8, 4) is 56.0 Å². The first-order chi connectivity index (χ1) is 27.8. The SMILES string of the molecule is c1ccc(-c2ccc(-c3cccc(-c4ccnc(-n5c6ccccc6c6cc(-c7ccc8c(c7)c7ccccc7n8-c7ccccc7)ccc65)c4)c3)cc2)cc1. The number of aromatic nitrogens is 3. The topological polar surface area (TPSA) is 22.8 Å². The van der Waals surface area contributed by atoms with Crippen molar-refractivity contribution in [1.29, 1.82) is 0 Å². The van der Waals surface area contributed by atoms with Gasteiger partial charge in [-0.3, -0.25) is 4.57 Å². The summed E-state index contributed by atoms with van der Waals surface area (Å²) in [7, 11) is 0. The highest BCUT2D eigenvalue weighted by molar-refractivity contribution is 6.12. The molecule has 0 aliphatic carbocycles. The van der Waals surface area contributed by atoms with Crippen molar-refractivity contribution < 1.29 is 0 Å². The molecule has 0 saturated heterocycles. The average molecular weight is 714 g/mol. The second-order valence-corrected chi connectivity index (χ2v) is 14.4. The van der Waals surface area contributed by atoms with Gasteiger partial charge in [0, 0.05) is 33.4 Å². The zero-order valence-electron chi connectivity index (χ0n) is 30.5. The van der Waals surface area contributed by atoms with Crippen molar-refractivity contribution in [3.63, 3.8) is 0 Å². The Labute approximate surface area is 325 Å². The number of fused-ring (bicyclic) bond motifs is 6. The summed E-state index contributed by atoms with van der Waals surface area (Å²) < 4.78 is 4.67. The van der Waals surface area contributed by atoms with Crippen LogP contribution in [0.3, 0.4) is 0 Å². The zero-order valence-corrected chi connectivity index (χ0v) is 30.5. The molecule has 0 unspecified atom stereocenters. The summed E-state index contributed by atoms with van der Waals surface area (Å²) in [5.74, 6) is 0.897. The van der Waals surface area contributed by atoms with E-state index in [1.165, 1.54) is 71.6 Å². The van der Waals surface area contributed by atoms with Crippen LogP contribution >= 0.6 is 0 Å². The molecule has 262 valence electrons. The molecule has 0 saturated carbocycles. The van der Waals surface area contributed by atoms with Crippen molar-refractivity contribution in [3.05, 3.63) is 212 Å². The van der Waals surface area contributed by atoms with E-state index in [4.69, 9.17) is 4.98 Å². The molecule has 0 atom stereocenters. The number of nitrogens with zero attached hydrogens (tertiary/aromatic N) is 3. The molecule has 3 aromatic heterocycles. The molecule has 0 fully saturated rings. The predicted octanol–water partition coefficient (Wildman–Crippen LogP) is 13.9. The molecule has 3 nitrogen and oxygen atoms in total. The first kappa shape index (κ1) is 32.0. The van der Waals surface area contributed by atoms with Gasteiger partial charge in [0.1, 0.15) is 5.82 Å². The highest BCUT2D eigenvalue weighted by atomic mass is 15.1. The van der Waals surface area contributed by atoms with Gasteiger partial charge in [0.05, 0.1) is 22.1 Å². The summed E-state index contributed by atoms with van der Waals surface area (Å²) in [6, 6.07) is 74.3. The molecule has 56 heavy (non-hydrogen) atoms. The van der Waals surface area contributed by atoms with Crippen LogP contribution in [0.15, 0.2) is 212 Å². The number of benzene rings is 8. The molecule has 0 spiro atoms. The largest absolute Gasteiger partial charge is 0.309 e. The molecule has 0 amide bonds. The Balaban J connectivity index is 0.984. The second kappa shape index (κ2) is 13.1. The van der Waals surface area contributed by atoms with E-state index in [9.17, 15) is 0 Å². The minimum absolute atomic E-state index is 0.897. The van der Waals surface area contributed by atoms with E-state index < -0.39 is 0 Å². The van der Waals surface area contributed by atoms with Gasteiger partial charge in [-0.25, -0.2) is 4.98 Å². The summed E-state index contributed by atoms with van der Waals surface area (Å²) in [5.41, 5.74) is 15.3. The molecule has 0 aliphatic rings. The third-order valence-electron chi connectivity index (χ3n) is 11.2. The van der Waals surface area contributed by atoms with Crippen LogP contribution in [0.1, 0.15) is 0 Å². The van der Waals surface area contributed by atoms with Gasteiger partial charge in [-0.05, 0) is 111 Å². The van der Waals surface area contributed by atoms with E-state index >= 15 is 0 Å². The zero-order chi connectivity index (χ0) is 37.0. The standard InChI is InChI=1S/C53H35N3/c1-3-12-36(13-4-1)37-22-24-38(25-23-37)39-14-11-15-40(32-39)43-30-31-54-53(35-43)56-50-21-10-8-19-46(50)48-34-42(27-29-52(48)56)41-26-28-51-47(33-41)45-18-7-9-20-49(45)55(51)44-16-5-2-6-17-44/h1-35H. The molecule has 0 aliphatic heterocycles. The molecule has 11 rings (SSSR count). The van der Waals surface area contributed by atoms with Gasteiger partial charge in [-0.15, -0.1) is 0 Å². The van der Waals surface area contributed by atoms with Crippen LogP contribution in [0, 0.1) is 0 Å². The van der Waals surface area contributed by atoms with E-state index in [0.717, 1.165) is 28.0 Å². The lowest BCUT2D eigenvalue weighted by Crippen LogP contribution is -1.97. The monoisotopic (exact) mass is 713 g/mol. The smallest absolute Gasteiger partial charge is 0.138 e. The highest BCUT2D eigenvalue weighted by Gasteiger charge is 2.17. The number of rotatable bonds is 6. The van der Waals surface area contributed by atoms with Gasteiger partial charge in [0.2, 0.25) is 0 Å². The van der Waals surface area contributed by atoms with E-state index in [1.807, 2.05) is 6.20 Å². The molecule has 3 heterocycles. The Morgan fingerprint density at radius 1 is 0.268 bits per heavy atom. The van der Waals surface area contributed by atoms with Crippen molar-refractivity contribution >= 4 is 43.6 Å². The lowest BCUT2D eigenvalue weighted by molar-refractivity contribution is 1.08. The lowest BCUT2D eigenvalue weighted by atomic mass is 9.97. The van der Waals surface area contributed by atoms with Gasteiger partial charge in [-0.1, -0.05) is 140 Å². The fraction of sp³-hybridized carbons (Fsp3) is 0. The third-order valence-corrected chi connectivity index (χ3v) is 11.2. The summed E-state index contributed by atoms with van der Waals surface area (Å²) in [6.45, 7) is 0. The number of hydrogen-bond donors (Lipinski definition) is 0. The van der Waals surface area contributed by atoms with Crippen LogP contribution < -0.4 is 0 Å². The summed E-state index contributed by atoms with van der Waals surface area (Å²) in [5, 5.41) is 4.92. The first-order valence-electron chi connectivity index (χ1n) is 19.1. The van der Waals surface area contributed by atoms with Crippen molar-refractivity contribution in [1.82, 2.24) is 14.1 Å². The maximum Gasteiger partial charge on any atom is 0.138 e. The van der Waals surface area contributed by atoms with E-state index in [1.54, 1.807) is 0 Å². The highest BCUT2D eigenvalue weighted by Crippen LogP contribution is 2.38. The molecule has 0 N–H and O–H groups in total. The van der Waals surface area contributed by atoms with Crippen LogP contribution in [-0.4, -0.2) is 14.1 Å². The molecular weight excluding hydrogens is 679 g/mol. The van der Waals surface area contributed by atoms with Crippen LogP contribution in [0.2, 0.25) is 0 Å². The van der Waals surface area contributed by atoms with Crippen LogP contribution in [0.5, 0.6) is 0 Å². The van der Waals surface area contributed by atoms with Crippen LogP contribution in [-0.2, 0) is 0 Å². The predicted molar refractivity (Wildman–Crippen MR) is 235 cm³/mol. The average Bonchev–Trinajstić information content (AvgIpc) is 3.79. The molecule has 3 heteroatoms. The second-order valence-electron chi connectivity index (χ2n) is 14.4. The molecule has 8 aromatic carbocycles. The summed E-state index contributed by atoms with van der Waals surface area (Å²) >= 11 is 0. The van der Waals surface area contributed by atoms with Gasteiger partial charge in [0.15, 0.2) is 0 Å². The van der Waals surface area contributed by atoms with Crippen LogP contribution in [0.25, 0.3) is 99.6 Å². The Kier molecular flexibility index (Phi) is 7.49. The molecule has 11 aromatic rings. The minimum atomic E-state index is 0.897. The molecule has 0 radical (unpaired) electrons. The fourth-order valence-corrected chi connectivity index (χ4v) is 8.49. The van der Waals surface area contributed by atoms with Crippen molar-refractivity contribution in [2.24, 2.45) is 0 Å². The first-order valence-corrected chi connectivity index (χ1v) is 19.1. The fourth-order valence-electron chi connectivity index (χ4n) is 8.49. The van der Waals surface area contributed by atoms with Gasteiger partial charge < -0.3 is 4.57 Å². The number of hydrogen-bond acceptors (Lipinski definition) is 1. The van der Waals surface area contributed by atoms with Gasteiger partial charge in [-0.2, -0.15) is 0 Å². The van der Waals surface area contributed by atoms with Gasteiger partial charge in [0.25, 0.3) is 0 Å². The van der Waals surface area contributed by atoms with E-state index in [0.29, 0.717) is 0 Å². The Bertz CT molecular complexity index is 3230. The number of pyridine rings is 1. The minimum Gasteiger partial charge on any atom is -0.309 e. The molecule has 0 bridgehead atoms. The van der Waals surface area contributed by atoms with Crippen LogP contribution in [0.4, 0.5) is 0 Å². The summed E-state index contributed by atoms with van der Waals surface area (Å²) in [4.78, 5) is 4.96. The Morgan fingerprint density at radius 2 is 0.696 bits per heavy atom. The molecular formula is C53H35N3. The van der Waals surface area contributed by atoms with Gasteiger partial charge >= 0.3 is 0 Å². The van der Waals surface area contributed by atoms with Crippen molar-refractivity contribution in [2.45, 2.75) is 0 Å². The number of para-hydroxylation sites is 3. The third kappa shape index (κ3) is 5.32. The van der Waals surface area contributed by atoms with E-state index in [2.05, 4.69) is 215 Å². The van der Waals surface area contributed by atoms with Crippen molar-refractivity contribution in [2.75, 3.05) is 0 Å². The summed E-state index contributed by atoms with van der Waals surface area (Å²) in [6.07, 6.45) is 1.93. The van der Waals surface area contributed by atoms with E-state index in [-0.39, 0.29) is 0 Å².